The highest BCUT2D eigenvalue weighted by Crippen LogP contribution is 2.19. The Morgan fingerprint density at radius 2 is 1.96 bits per heavy atom. The molecular formula is C18H25BrN2O3S. The first-order valence-corrected chi connectivity index (χ1v) is 10.7. The van der Waals surface area contributed by atoms with Crippen molar-refractivity contribution in [2.75, 3.05) is 12.0 Å². The van der Waals surface area contributed by atoms with E-state index >= 15 is 0 Å². The second-order valence-corrected chi connectivity index (χ2v) is 8.14. The molecule has 5 nitrogen and oxygen atoms in total. The first-order valence-electron chi connectivity index (χ1n) is 8.54. The molecular weight excluding hydrogens is 404 g/mol. The maximum atomic E-state index is 12.6. The van der Waals surface area contributed by atoms with E-state index in [0.717, 1.165) is 18.6 Å². The molecule has 2 rings (SSSR count). The second-order valence-electron chi connectivity index (χ2n) is 6.30. The van der Waals surface area contributed by atoms with Crippen molar-refractivity contribution < 1.29 is 14.7 Å². The lowest BCUT2D eigenvalue weighted by atomic mass is 9.93. The number of hydrogen-bond donors (Lipinski definition) is 3. The first kappa shape index (κ1) is 20.3. The molecule has 1 aliphatic rings. The van der Waals surface area contributed by atoms with Crippen LogP contribution in [0.4, 0.5) is 0 Å². The number of thioether (sulfide) groups is 1. The molecule has 0 aromatic heterocycles. The number of amides is 2. The van der Waals surface area contributed by atoms with Gasteiger partial charge in [0.15, 0.2) is 0 Å². The molecule has 0 aliphatic heterocycles. The predicted octanol–water partition coefficient (Wildman–Crippen LogP) is 2.72. The van der Waals surface area contributed by atoms with Crippen molar-refractivity contribution in [3.63, 3.8) is 0 Å². The Morgan fingerprint density at radius 1 is 1.28 bits per heavy atom. The van der Waals surface area contributed by atoms with E-state index < -0.39 is 6.04 Å². The zero-order valence-corrected chi connectivity index (χ0v) is 16.7. The van der Waals surface area contributed by atoms with E-state index in [1.165, 1.54) is 0 Å². The highest BCUT2D eigenvalue weighted by Gasteiger charge is 2.26. The number of carbonyl (C=O) groups excluding carboxylic acids is 2. The van der Waals surface area contributed by atoms with Crippen molar-refractivity contribution in [3.05, 3.63) is 34.3 Å². The highest BCUT2D eigenvalue weighted by molar-refractivity contribution is 9.10. The lowest BCUT2D eigenvalue weighted by Crippen LogP contribution is -2.50. The molecule has 1 aromatic rings. The Bertz CT molecular complexity index is 591. The van der Waals surface area contributed by atoms with Gasteiger partial charge in [0, 0.05) is 10.5 Å². The van der Waals surface area contributed by atoms with E-state index in [2.05, 4.69) is 26.6 Å². The number of aliphatic hydroxyl groups is 1. The first-order chi connectivity index (χ1) is 12.0. The minimum atomic E-state index is -0.557. The number of halogens is 1. The van der Waals surface area contributed by atoms with Gasteiger partial charge in [0.05, 0.1) is 11.7 Å². The molecule has 1 aliphatic carbocycles. The van der Waals surface area contributed by atoms with Gasteiger partial charge in [0.25, 0.3) is 5.91 Å². The molecule has 1 atom stereocenters. The summed E-state index contributed by atoms with van der Waals surface area (Å²) in [5.74, 6) is 0.390. The number of aliphatic hydroxyl groups excluding tert-OH is 1. The Morgan fingerprint density at radius 3 is 2.60 bits per heavy atom. The normalized spacial score (nSPS) is 21.4. The topological polar surface area (TPSA) is 78.4 Å². The highest BCUT2D eigenvalue weighted by atomic mass is 79.9. The lowest BCUT2D eigenvalue weighted by molar-refractivity contribution is -0.124. The summed E-state index contributed by atoms with van der Waals surface area (Å²) >= 11 is 5.02. The van der Waals surface area contributed by atoms with E-state index in [0.29, 0.717) is 29.3 Å². The van der Waals surface area contributed by atoms with E-state index in [9.17, 15) is 14.7 Å². The van der Waals surface area contributed by atoms with Crippen LogP contribution in [0.25, 0.3) is 0 Å². The van der Waals surface area contributed by atoms with Crippen LogP contribution in [-0.4, -0.2) is 47.1 Å². The van der Waals surface area contributed by atoms with Gasteiger partial charge in [-0.1, -0.05) is 12.1 Å². The van der Waals surface area contributed by atoms with Crippen LogP contribution in [0.1, 0.15) is 42.5 Å². The minimum absolute atomic E-state index is 0.0769. The molecule has 2 amide bonds. The fourth-order valence-electron chi connectivity index (χ4n) is 2.91. The quantitative estimate of drug-likeness (QED) is 0.623. The largest absolute Gasteiger partial charge is 0.393 e. The molecule has 25 heavy (non-hydrogen) atoms. The van der Waals surface area contributed by atoms with Crippen LogP contribution in [0.15, 0.2) is 28.7 Å². The van der Waals surface area contributed by atoms with Crippen LogP contribution in [0.5, 0.6) is 0 Å². The number of hydrogen-bond acceptors (Lipinski definition) is 4. The maximum Gasteiger partial charge on any atom is 0.253 e. The van der Waals surface area contributed by atoms with Gasteiger partial charge in [-0.25, -0.2) is 0 Å². The fourth-order valence-corrected chi connectivity index (χ4v) is 3.84. The summed E-state index contributed by atoms with van der Waals surface area (Å²) in [6.45, 7) is 0. The molecule has 138 valence electrons. The van der Waals surface area contributed by atoms with E-state index in [1.54, 1.807) is 30.0 Å². The predicted molar refractivity (Wildman–Crippen MR) is 105 cm³/mol. The van der Waals surface area contributed by atoms with Crippen LogP contribution in [0.2, 0.25) is 0 Å². The van der Waals surface area contributed by atoms with Crippen molar-refractivity contribution in [2.45, 2.75) is 50.3 Å². The van der Waals surface area contributed by atoms with Crippen molar-refractivity contribution in [2.24, 2.45) is 0 Å². The van der Waals surface area contributed by atoms with Gasteiger partial charge in [-0.2, -0.15) is 11.8 Å². The molecule has 7 heteroatoms. The van der Waals surface area contributed by atoms with Crippen molar-refractivity contribution in [1.82, 2.24) is 10.6 Å². The Hall–Kier alpha value is -1.05. The summed E-state index contributed by atoms with van der Waals surface area (Å²) < 4.78 is 0.706. The number of carbonyl (C=O) groups is 2. The minimum Gasteiger partial charge on any atom is -0.393 e. The molecule has 3 N–H and O–H groups in total. The molecule has 0 spiro atoms. The third-order valence-electron chi connectivity index (χ3n) is 4.39. The third-order valence-corrected chi connectivity index (χ3v) is 5.73. The molecule has 1 fully saturated rings. The summed E-state index contributed by atoms with van der Waals surface area (Å²) in [6, 6.07) is 6.69. The van der Waals surface area contributed by atoms with Crippen molar-refractivity contribution >= 4 is 39.5 Å². The van der Waals surface area contributed by atoms with Crippen molar-refractivity contribution in [1.29, 1.82) is 0 Å². The summed E-state index contributed by atoms with van der Waals surface area (Å²) in [4.78, 5) is 25.2. The molecule has 0 heterocycles. The van der Waals surface area contributed by atoms with E-state index in [1.807, 2.05) is 12.3 Å². The van der Waals surface area contributed by atoms with Gasteiger partial charge in [-0.3, -0.25) is 9.59 Å². The summed E-state index contributed by atoms with van der Waals surface area (Å²) in [7, 11) is 0. The Kier molecular flexibility index (Phi) is 8.26. The van der Waals surface area contributed by atoms with E-state index in [-0.39, 0.29) is 24.0 Å². The lowest BCUT2D eigenvalue weighted by Gasteiger charge is -2.28. The average molecular weight is 429 g/mol. The Labute approximate surface area is 161 Å². The zero-order chi connectivity index (χ0) is 18.2. The molecule has 1 saturated carbocycles. The summed E-state index contributed by atoms with van der Waals surface area (Å²) in [5, 5.41) is 15.5. The van der Waals surface area contributed by atoms with Gasteiger partial charge >= 0.3 is 0 Å². The zero-order valence-electron chi connectivity index (χ0n) is 14.3. The molecule has 0 radical (unpaired) electrons. The molecule has 0 saturated heterocycles. The monoisotopic (exact) mass is 428 g/mol. The smallest absolute Gasteiger partial charge is 0.253 e. The Balaban J connectivity index is 1.98. The van der Waals surface area contributed by atoms with E-state index in [4.69, 9.17) is 0 Å². The number of benzene rings is 1. The number of rotatable bonds is 7. The number of nitrogens with one attached hydrogen (secondary N) is 2. The van der Waals surface area contributed by atoms with Crippen LogP contribution >= 0.6 is 27.7 Å². The average Bonchev–Trinajstić information content (AvgIpc) is 2.60. The molecule has 1 unspecified atom stereocenters. The third kappa shape index (κ3) is 6.31. The molecule has 0 bridgehead atoms. The van der Waals surface area contributed by atoms with Crippen molar-refractivity contribution in [3.8, 4) is 0 Å². The van der Waals surface area contributed by atoms with Crippen LogP contribution in [0, 0.1) is 0 Å². The van der Waals surface area contributed by atoms with Gasteiger partial charge in [0.2, 0.25) is 5.91 Å². The van der Waals surface area contributed by atoms with Crippen LogP contribution in [0.3, 0.4) is 0 Å². The fraction of sp³-hybridized carbons (Fsp3) is 0.556. The van der Waals surface area contributed by atoms with Gasteiger partial charge in [-0.05, 0) is 72.2 Å². The summed E-state index contributed by atoms with van der Waals surface area (Å²) in [6.07, 6.45) is 5.29. The SMILES string of the molecule is CSCCC(NC(=O)c1ccccc1Br)C(=O)NC1CCC(O)CC1. The second kappa shape index (κ2) is 10.2. The van der Waals surface area contributed by atoms with Crippen LogP contribution < -0.4 is 10.6 Å². The summed E-state index contributed by atoms with van der Waals surface area (Å²) in [5.41, 5.74) is 0.519. The van der Waals surface area contributed by atoms with Gasteiger partial charge in [-0.15, -0.1) is 0 Å². The van der Waals surface area contributed by atoms with Crippen LogP contribution in [-0.2, 0) is 4.79 Å². The molecule has 1 aromatic carbocycles. The standard InChI is InChI=1S/C18H25BrN2O3S/c1-25-11-10-16(18(24)20-12-6-8-13(22)9-7-12)21-17(23)14-4-2-3-5-15(14)19/h2-5,12-13,16,22H,6-11H2,1H3,(H,20,24)(H,21,23). The maximum absolute atomic E-state index is 12.6. The van der Waals surface area contributed by atoms with Gasteiger partial charge < -0.3 is 15.7 Å². The van der Waals surface area contributed by atoms with Gasteiger partial charge in [0.1, 0.15) is 6.04 Å².